The molecule has 0 saturated carbocycles. The molecule has 0 aliphatic carbocycles. The molecule has 6 heteroatoms. The van der Waals surface area contributed by atoms with Gasteiger partial charge in [-0.1, -0.05) is 48.5 Å². The number of ether oxygens (including phenoxy) is 1. The summed E-state index contributed by atoms with van der Waals surface area (Å²) in [5.41, 5.74) is 2.35. The maximum Gasteiger partial charge on any atom is 0.338 e. The summed E-state index contributed by atoms with van der Waals surface area (Å²) >= 11 is 0. The molecule has 1 fully saturated rings. The van der Waals surface area contributed by atoms with Gasteiger partial charge >= 0.3 is 5.97 Å². The lowest BCUT2D eigenvalue weighted by Gasteiger charge is -2.26. The summed E-state index contributed by atoms with van der Waals surface area (Å²) in [5, 5.41) is 0. The summed E-state index contributed by atoms with van der Waals surface area (Å²) in [5.74, 6) is -0.000609. The second kappa shape index (κ2) is 7.80. The van der Waals surface area contributed by atoms with E-state index in [9.17, 15) is 13.2 Å². The van der Waals surface area contributed by atoms with Crippen LogP contribution in [0.2, 0.25) is 0 Å². The van der Waals surface area contributed by atoms with E-state index in [1.54, 1.807) is 6.07 Å². The maximum absolute atomic E-state index is 12.4. The van der Waals surface area contributed by atoms with Gasteiger partial charge in [0.15, 0.2) is 9.84 Å². The van der Waals surface area contributed by atoms with Crippen molar-refractivity contribution in [3.8, 4) is 11.1 Å². The Hall–Kier alpha value is -2.18. The molecule has 0 unspecified atom stereocenters. The molecular weight excluding hydrogens is 338 g/mol. The van der Waals surface area contributed by atoms with Gasteiger partial charge in [0.1, 0.15) is 6.61 Å². The monoisotopic (exact) mass is 359 g/mol. The van der Waals surface area contributed by atoms with Crippen LogP contribution < -0.4 is 0 Å². The van der Waals surface area contributed by atoms with Gasteiger partial charge in [-0.05, 0) is 17.2 Å². The molecule has 25 heavy (non-hydrogen) atoms. The molecule has 5 nitrogen and oxygen atoms in total. The topological polar surface area (TPSA) is 63.7 Å². The number of esters is 1. The van der Waals surface area contributed by atoms with Crippen LogP contribution in [0.1, 0.15) is 10.4 Å². The van der Waals surface area contributed by atoms with Crippen molar-refractivity contribution in [1.29, 1.82) is 0 Å². The van der Waals surface area contributed by atoms with Gasteiger partial charge in [-0.15, -0.1) is 0 Å². The van der Waals surface area contributed by atoms with Crippen LogP contribution in [0.5, 0.6) is 0 Å². The number of nitrogens with zero attached hydrogens (tertiary/aromatic N) is 1. The summed E-state index contributed by atoms with van der Waals surface area (Å²) in [6.07, 6.45) is 0. The fourth-order valence-corrected chi connectivity index (χ4v) is 4.13. The van der Waals surface area contributed by atoms with Gasteiger partial charge in [-0.2, -0.15) is 0 Å². The minimum Gasteiger partial charge on any atom is -0.461 e. The Balaban J connectivity index is 1.59. The summed E-state index contributed by atoms with van der Waals surface area (Å²) in [4.78, 5) is 14.5. The zero-order valence-corrected chi connectivity index (χ0v) is 14.7. The standard InChI is InChI=1S/C19H21NO4S/c21-19(24-13-10-20-11-14-25(22,23)15-12-20)18-9-5-4-8-17(18)16-6-2-1-3-7-16/h1-9H,10-15H2. The van der Waals surface area contributed by atoms with Gasteiger partial charge < -0.3 is 4.74 Å². The van der Waals surface area contributed by atoms with Gasteiger partial charge in [0, 0.05) is 19.6 Å². The summed E-state index contributed by atoms with van der Waals surface area (Å²) in [6, 6.07) is 17.1. The van der Waals surface area contributed by atoms with Crippen molar-refractivity contribution in [3.63, 3.8) is 0 Å². The number of carbonyl (C=O) groups excluding carboxylic acids is 1. The quantitative estimate of drug-likeness (QED) is 0.766. The molecule has 2 aromatic carbocycles. The summed E-state index contributed by atoms with van der Waals surface area (Å²) in [6.45, 7) is 1.80. The fourth-order valence-electron chi connectivity index (χ4n) is 2.85. The van der Waals surface area contributed by atoms with E-state index < -0.39 is 9.84 Å². The molecule has 132 valence electrons. The van der Waals surface area contributed by atoms with E-state index in [2.05, 4.69) is 0 Å². The van der Waals surface area contributed by atoms with Crippen molar-refractivity contribution in [2.75, 3.05) is 37.7 Å². The summed E-state index contributed by atoms with van der Waals surface area (Å²) < 4.78 is 28.3. The van der Waals surface area contributed by atoms with Crippen LogP contribution in [0.4, 0.5) is 0 Å². The fraction of sp³-hybridized carbons (Fsp3) is 0.316. The van der Waals surface area contributed by atoms with Crippen molar-refractivity contribution in [1.82, 2.24) is 4.90 Å². The van der Waals surface area contributed by atoms with E-state index in [4.69, 9.17) is 4.74 Å². The average Bonchev–Trinajstić information content (AvgIpc) is 2.64. The van der Waals surface area contributed by atoms with Crippen LogP contribution in [0.3, 0.4) is 0 Å². The third kappa shape index (κ3) is 4.67. The number of hydrogen-bond acceptors (Lipinski definition) is 5. The highest BCUT2D eigenvalue weighted by atomic mass is 32.2. The molecular formula is C19H21NO4S. The molecule has 0 N–H and O–H groups in total. The van der Waals surface area contributed by atoms with Crippen LogP contribution in [0, 0.1) is 0 Å². The number of sulfone groups is 1. The number of rotatable bonds is 5. The first-order valence-corrected chi connectivity index (χ1v) is 10.1. The third-order valence-corrected chi connectivity index (χ3v) is 5.92. The SMILES string of the molecule is O=C(OCCN1CCS(=O)(=O)CC1)c1ccccc1-c1ccccc1. The smallest absolute Gasteiger partial charge is 0.338 e. The Morgan fingerprint density at radius 2 is 1.60 bits per heavy atom. The van der Waals surface area contributed by atoms with Gasteiger partial charge in [-0.25, -0.2) is 13.2 Å². The van der Waals surface area contributed by atoms with Gasteiger partial charge in [0.05, 0.1) is 17.1 Å². The van der Waals surface area contributed by atoms with Crippen LogP contribution >= 0.6 is 0 Å². The Morgan fingerprint density at radius 1 is 0.960 bits per heavy atom. The maximum atomic E-state index is 12.4. The van der Waals surface area contributed by atoms with Crippen LogP contribution in [-0.2, 0) is 14.6 Å². The van der Waals surface area contributed by atoms with Gasteiger partial charge in [0.2, 0.25) is 0 Å². The van der Waals surface area contributed by atoms with Crippen molar-refractivity contribution in [2.24, 2.45) is 0 Å². The Morgan fingerprint density at radius 3 is 2.32 bits per heavy atom. The molecule has 1 heterocycles. The largest absolute Gasteiger partial charge is 0.461 e. The van der Waals surface area contributed by atoms with Crippen LogP contribution in [-0.4, -0.2) is 57.0 Å². The second-order valence-corrected chi connectivity index (χ2v) is 8.34. The highest BCUT2D eigenvalue weighted by molar-refractivity contribution is 7.91. The molecule has 1 aliphatic rings. The Bertz CT molecular complexity index is 820. The van der Waals surface area contributed by atoms with Crippen molar-refractivity contribution in [2.45, 2.75) is 0 Å². The second-order valence-electron chi connectivity index (χ2n) is 6.04. The van der Waals surface area contributed by atoms with Crippen LogP contribution in [0.15, 0.2) is 54.6 Å². The third-order valence-electron chi connectivity index (χ3n) is 4.31. The van der Waals surface area contributed by atoms with Crippen molar-refractivity contribution < 1.29 is 17.9 Å². The molecule has 0 radical (unpaired) electrons. The molecule has 2 aromatic rings. The minimum atomic E-state index is -2.89. The lowest BCUT2D eigenvalue weighted by atomic mass is 10.00. The van der Waals surface area contributed by atoms with E-state index in [0.29, 0.717) is 25.2 Å². The van der Waals surface area contributed by atoms with E-state index in [1.807, 2.05) is 53.4 Å². The zero-order chi connectivity index (χ0) is 17.7. The van der Waals surface area contributed by atoms with Crippen LogP contribution in [0.25, 0.3) is 11.1 Å². The molecule has 0 bridgehead atoms. The highest BCUT2D eigenvalue weighted by Crippen LogP contribution is 2.23. The van der Waals surface area contributed by atoms with Gasteiger partial charge in [-0.3, -0.25) is 4.90 Å². The van der Waals surface area contributed by atoms with E-state index in [-0.39, 0.29) is 24.1 Å². The molecule has 0 atom stereocenters. The lowest BCUT2D eigenvalue weighted by Crippen LogP contribution is -2.41. The Labute approximate surface area is 148 Å². The highest BCUT2D eigenvalue weighted by Gasteiger charge is 2.21. The van der Waals surface area contributed by atoms with Gasteiger partial charge in [0.25, 0.3) is 0 Å². The lowest BCUT2D eigenvalue weighted by molar-refractivity contribution is 0.0466. The van der Waals surface area contributed by atoms with E-state index in [0.717, 1.165) is 11.1 Å². The molecule has 0 amide bonds. The minimum absolute atomic E-state index is 0.178. The number of hydrogen-bond donors (Lipinski definition) is 0. The zero-order valence-electron chi connectivity index (χ0n) is 13.9. The first-order chi connectivity index (χ1) is 12.1. The predicted molar refractivity (Wildman–Crippen MR) is 97.3 cm³/mol. The molecule has 3 rings (SSSR count). The first kappa shape index (κ1) is 17.6. The molecule has 0 spiro atoms. The van der Waals surface area contributed by atoms with Crippen molar-refractivity contribution >= 4 is 15.8 Å². The van der Waals surface area contributed by atoms with Crippen molar-refractivity contribution in [3.05, 3.63) is 60.2 Å². The molecule has 1 saturated heterocycles. The number of carbonyl (C=O) groups is 1. The van der Waals surface area contributed by atoms with E-state index >= 15 is 0 Å². The molecule has 0 aromatic heterocycles. The first-order valence-electron chi connectivity index (χ1n) is 8.29. The number of benzene rings is 2. The van der Waals surface area contributed by atoms with E-state index in [1.165, 1.54) is 0 Å². The summed E-state index contributed by atoms with van der Waals surface area (Å²) in [7, 11) is -2.89. The predicted octanol–water partition coefficient (Wildman–Crippen LogP) is 2.24. The Kier molecular flexibility index (Phi) is 5.50. The normalized spacial score (nSPS) is 17.1. The molecule has 1 aliphatic heterocycles. The average molecular weight is 359 g/mol.